The summed E-state index contributed by atoms with van der Waals surface area (Å²) in [6.45, 7) is 2.79. The number of halogens is 2. The van der Waals surface area contributed by atoms with Crippen LogP contribution in [0.25, 0.3) is 0 Å². The normalized spacial score (nSPS) is 14.1. The van der Waals surface area contributed by atoms with Crippen molar-refractivity contribution in [3.63, 3.8) is 0 Å². The van der Waals surface area contributed by atoms with E-state index in [9.17, 15) is 0 Å². The van der Waals surface area contributed by atoms with Gasteiger partial charge in [-0.25, -0.2) is 4.99 Å². The number of aliphatic imine (C=N–C) groups is 1. The lowest BCUT2D eigenvalue weighted by Gasteiger charge is -2.09. The Bertz CT molecular complexity index is 410. The number of hydrogen-bond donors (Lipinski definition) is 2. The second-order valence-corrected chi connectivity index (χ2v) is 4.85. The molecule has 0 saturated carbocycles. The van der Waals surface area contributed by atoms with Crippen molar-refractivity contribution in [2.24, 2.45) is 4.99 Å². The molecule has 0 unspecified atom stereocenters. The van der Waals surface area contributed by atoms with E-state index in [1.807, 2.05) is 18.2 Å². The minimum absolute atomic E-state index is 0. The van der Waals surface area contributed by atoms with E-state index in [-0.39, 0.29) is 12.4 Å². The first-order valence-corrected chi connectivity index (χ1v) is 6.84. The molecule has 0 aliphatic carbocycles. The fraction of sp³-hybridized carbons (Fsp3) is 0.364. The fourth-order valence-corrected chi connectivity index (χ4v) is 2.36. The minimum Gasteiger partial charge on any atom is -1.00 e. The molecule has 0 saturated heterocycles. The maximum absolute atomic E-state index is 5.98. The molecule has 17 heavy (non-hydrogen) atoms. The number of rotatable bonds is 4. The van der Waals surface area contributed by atoms with Gasteiger partial charge in [0.1, 0.15) is 13.1 Å². The van der Waals surface area contributed by atoms with Crippen molar-refractivity contribution in [3.05, 3.63) is 23.2 Å². The maximum atomic E-state index is 5.98. The van der Waals surface area contributed by atoms with Crippen molar-refractivity contribution >= 4 is 34.9 Å². The van der Waals surface area contributed by atoms with Gasteiger partial charge in [0.2, 0.25) is 5.84 Å². The van der Waals surface area contributed by atoms with Gasteiger partial charge in [-0.2, -0.15) is 0 Å². The highest BCUT2D eigenvalue weighted by atomic mass is 35.5. The summed E-state index contributed by atoms with van der Waals surface area (Å²) < 4.78 is 0. The number of hydrogen-bond acceptors (Lipinski definition) is 3. The molecule has 1 aromatic rings. The molecule has 3 nitrogen and oxygen atoms in total. The third-order valence-electron chi connectivity index (χ3n) is 2.45. The Morgan fingerprint density at radius 3 is 3.00 bits per heavy atom. The van der Waals surface area contributed by atoms with Gasteiger partial charge in [0, 0.05) is 15.6 Å². The van der Waals surface area contributed by atoms with Gasteiger partial charge in [-0.3, -0.25) is 5.32 Å². The molecule has 0 atom stereocenters. The van der Waals surface area contributed by atoms with Crippen molar-refractivity contribution in [1.29, 1.82) is 0 Å². The number of anilines is 1. The molecule has 6 heteroatoms. The predicted octanol–water partition coefficient (Wildman–Crippen LogP) is -1.55. The second-order valence-electron chi connectivity index (χ2n) is 3.56. The maximum Gasteiger partial charge on any atom is 0.214 e. The second kappa shape index (κ2) is 7.11. The number of nitrogens with one attached hydrogen (secondary N) is 1. The summed E-state index contributed by atoms with van der Waals surface area (Å²) in [5, 5.41) is 6.32. The smallest absolute Gasteiger partial charge is 0.214 e. The van der Waals surface area contributed by atoms with E-state index in [4.69, 9.17) is 11.6 Å². The molecule has 94 valence electrons. The number of amidine groups is 1. The molecule has 1 heterocycles. The van der Waals surface area contributed by atoms with Gasteiger partial charge in [-0.1, -0.05) is 11.6 Å². The average Bonchev–Trinajstić information content (AvgIpc) is 2.79. The summed E-state index contributed by atoms with van der Waals surface area (Å²) in [5.41, 5.74) is 1.09. The third-order valence-corrected chi connectivity index (χ3v) is 3.48. The van der Waals surface area contributed by atoms with Gasteiger partial charge in [-0.05, 0) is 24.5 Å². The molecule has 3 N–H and O–H groups in total. The molecule has 2 rings (SSSR count). The lowest BCUT2D eigenvalue weighted by molar-refractivity contribution is -0.528. The van der Waals surface area contributed by atoms with E-state index in [1.54, 1.807) is 11.8 Å². The van der Waals surface area contributed by atoms with Gasteiger partial charge >= 0.3 is 0 Å². The Balaban J connectivity index is 0.00000144. The van der Waals surface area contributed by atoms with Gasteiger partial charge in [0.25, 0.3) is 0 Å². The van der Waals surface area contributed by atoms with E-state index in [2.05, 4.69) is 21.9 Å². The van der Waals surface area contributed by atoms with Crippen LogP contribution in [-0.4, -0.2) is 31.7 Å². The minimum atomic E-state index is 0. The number of nitrogens with zero attached hydrogens (tertiary/aromatic N) is 1. The predicted molar refractivity (Wildman–Crippen MR) is 70.8 cm³/mol. The number of thioether (sulfide) groups is 1. The van der Waals surface area contributed by atoms with Gasteiger partial charge in [0.05, 0.1) is 6.54 Å². The van der Waals surface area contributed by atoms with Crippen LogP contribution < -0.4 is 23.0 Å². The molecule has 0 aromatic heterocycles. The summed E-state index contributed by atoms with van der Waals surface area (Å²) in [7, 11) is 0. The van der Waals surface area contributed by atoms with Crippen LogP contribution in [0.1, 0.15) is 0 Å². The van der Waals surface area contributed by atoms with E-state index < -0.39 is 0 Å². The zero-order chi connectivity index (χ0) is 11.4. The van der Waals surface area contributed by atoms with Crippen molar-refractivity contribution in [1.82, 2.24) is 0 Å². The molecule has 1 aliphatic heterocycles. The largest absolute Gasteiger partial charge is 1.00 e. The Morgan fingerprint density at radius 2 is 2.35 bits per heavy atom. The van der Waals surface area contributed by atoms with Gasteiger partial charge in [-0.15, -0.1) is 11.8 Å². The van der Waals surface area contributed by atoms with Crippen LogP contribution in [0, 0.1) is 0 Å². The zero-order valence-electron chi connectivity index (χ0n) is 9.54. The molecule has 1 aromatic carbocycles. The first-order valence-electron chi connectivity index (χ1n) is 5.23. The molecular weight excluding hydrogens is 277 g/mol. The molecule has 0 amide bonds. The molecule has 0 spiro atoms. The summed E-state index contributed by atoms with van der Waals surface area (Å²) >= 11 is 7.70. The van der Waals surface area contributed by atoms with Gasteiger partial charge < -0.3 is 17.7 Å². The quantitative estimate of drug-likeness (QED) is 0.660. The van der Waals surface area contributed by atoms with E-state index >= 15 is 0 Å². The number of quaternary nitrogens is 1. The Labute approximate surface area is 117 Å². The van der Waals surface area contributed by atoms with Crippen LogP contribution in [-0.2, 0) is 0 Å². The van der Waals surface area contributed by atoms with Crippen molar-refractivity contribution in [2.45, 2.75) is 4.90 Å². The highest BCUT2D eigenvalue weighted by Gasteiger charge is 2.10. The van der Waals surface area contributed by atoms with E-state index in [0.29, 0.717) is 0 Å². The molecule has 0 radical (unpaired) electrons. The topological polar surface area (TPSA) is 41.0 Å². The molecular formula is C11H15Cl2N3S. The first-order chi connectivity index (χ1) is 7.79. The molecule has 1 aliphatic rings. The summed E-state index contributed by atoms with van der Waals surface area (Å²) in [6.07, 6.45) is 2.06. The molecule has 0 fully saturated rings. The highest BCUT2D eigenvalue weighted by Crippen LogP contribution is 2.28. The number of nitrogens with two attached hydrogens (primary N) is 1. The summed E-state index contributed by atoms with van der Waals surface area (Å²) in [5.74, 6) is 1.15. The van der Waals surface area contributed by atoms with Crippen LogP contribution in [0.5, 0.6) is 0 Å². The lowest BCUT2D eigenvalue weighted by Crippen LogP contribution is -3.00. The Morgan fingerprint density at radius 1 is 1.53 bits per heavy atom. The van der Waals surface area contributed by atoms with Crippen molar-refractivity contribution < 1.29 is 17.7 Å². The van der Waals surface area contributed by atoms with Crippen LogP contribution >= 0.6 is 23.4 Å². The standard InChI is InChI=1S/C11H14ClN3S.ClH/c1-16-10-3-2-8(12)6-9(10)15-7-11-13-4-5-14-11;/h2-3,6,15H,4-5,7H2,1H3,(H,13,14);1H. The van der Waals surface area contributed by atoms with Crippen LogP contribution in [0.3, 0.4) is 0 Å². The van der Waals surface area contributed by atoms with Crippen LogP contribution in [0.2, 0.25) is 5.02 Å². The first kappa shape index (κ1) is 14.6. The van der Waals surface area contributed by atoms with Crippen LogP contribution in [0.4, 0.5) is 5.69 Å². The monoisotopic (exact) mass is 291 g/mol. The van der Waals surface area contributed by atoms with Crippen LogP contribution in [0.15, 0.2) is 28.1 Å². The Hall–Kier alpha value is -0.420. The summed E-state index contributed by atoms with van der Waals surface area (Å²) in [4.78, 5) is 5.60. The van der Waals surface area contributed by atoms with E-state index in [0.717, 1.165) is 36.2 Å². The number of benzene rings is 1. The van der Waals surface area contributed by atoms with Crippen molar-refractivity contribution in [3.8, 4) is 0 Å². The highest BCUT2D eigenvalue weighted by molar-refractivity contribution is 7.98. The van der Waals surface area contributed by atoms with Crippen molar-refractivity contribution in [2.75, 3.05) is 31.2 Å². The van der Waals surface area contributed by atoms with Gasteiger partial charge in [0.15, 0.2) is 0 Å². The summed E-state index contributed by atoms with van der Waals surface area (Å²) in [6, 6.07) is 5.91. The zero-order valence-corrected chi connectivity index (χ0v) is 11.9. The fourth-order valence-electron chi connectivity index (χ4n) is 1.64. The Kier molecular flexibility index (Phi) is 6.12. The van der Waals surface area contributed by atoms with E-state index in [1.165, 1.54) is 4.90 Å². The lowest BCUT2D eigenvalue weighted by atomic mass is 10.3. The molecule has 0 bridgehead atoms. The SMILES string of the molecule is CSc1ccc(Cl)cc1NCC1=NCC[NH2+]1.[Cl-]. The average molecular weight is 292 g/mol. The third kappa shape index (κ3) is 4.07.